The molecule has 0 spiro atoms. The quantitative estimate of drug-likeness (QED) is 0.172. The zero-order valence-electron chi connectivity index (χ0n) is 36.3. The van der Waals surface area contributed by atoms with Gasteiger partial charge in [0.1, 0.15) is 11.5 Å². The normalized spacial score (nSPS) is 14.0. The number of phenols is 1. The zero-order chi connectivity index (χ0) is 44.0. The van der Waals surface area contributed by atoms with Crippen molar-refractivity contribution in [3.63, 3.8) is 0 Å². The Balaban J connectivity index is 0.000000204. The van der Waals surface area contributed by atoms with Crippen molar-refractivity contribution < 1.29 is 40.6 Å². The Morgan fingerprint density at radius 2 is 1.25 bits per heavy atom. The molecule has 11 heteroatoms. The Bertz CT molecular complexity index is 2330. The zero-order valence-corrected chi connectivity index (χ0v) is 42.5. The number of nitrogens with zero attached hydrogens (tertiary/aromatic N) is 2. The first kappa shape index (κ1) is 48.1. The van der Waals surface area contributed by atoms with Crippen LogP contribution in [0.3, 0.4) is 0 Å². The molecule has 0 unspecified atom stereocenters. The van der Waals surface area contributed by atoms with E-state index in [4.69, 9.17) is 4.43 Å². The summed E-state index contributed by atoms with van der Waals surface area (Å²) in [6, 6.07) is 23.8. The van der Waals surface area contributed by atoms with E-state index in [1.807, 2.05) is 56.3 Å². The van der Waals surface area contributed by atoms with Crippen molar-refractivity contribution >= 4 is 50.3 Å². The van der Waals surface area contributed by atoms with Crippen molar-refractivity contribution in [1.29, 1.82) is 0 Å². The third kappa shape index (κ3) is 12.0. The van der Waals surface area contributed by atoms with E-state index in [0.717, 1.165) is 74.5 Å². The summed E-state index contributed by atoms with van der Waals surface area (Å²) in [5, 5.41) is 11.5. The van der Waals surface area contributed by atoms with E-state index in [1.165, 1.54) is 60.1 Å². The fraction of sp³-hybridized carbons (Fsp3) is 0.408. The Kier molecular flexibility index (Phi) is 16.1. The Morgan fingerprint density at radius 3 is 1.78 bits per heavy atom. The van der Waals surface area contributed by atoms with Gasteiger partial charge < -0.3 is 14.5 Å². The van der Waals surface area contributed by atoms with Gasteiger partial charge in [-0.3, -0.25) is 0 Å². The third-order valence-electron chi connectivity index (χ3n) is 11.7. The summed E-state index contributed by atoms with van der Waals surface area (Å²) in [7, 11) is -2.08. The molecule has 4 nitrogen and oxygen atoms in total. The number of halogens is 5. The van der Waals surface area contributed by atoms with Gasteiger partial charge in [0.15, 0.2) is 0 Å². The molecule has 1 N–H and O–H groups in total. The summed E-state index contributed by atoms with van der Waals surface area (Å²) in [4.78, 5) is 4.11. The van der Waals surface area contributed by atoms with E-state index in [9.17, 15) is 18.3 Å². The molecular formula is C49H58Br2F3MoN2O2Si-. The van der Waals surface area contributed by atoms with Gasteiger partial charge >= 0.3 is 136 Å². The van der Waals surface area contributed by atoms with Crippen LogP contribution in [0.25, 0.3) is 11.1 Å². The van der Waals surface area contributed by atoms with Crippen LogP contribution in [0.15, 0.2) is 91.3 Å². The van der Waals surface area contributed by atoms with Gasteiger partial charge in [-0.25, -0.2) is 0 Å². The maximum absolute atomic E-state index is 12.9. The standard InChI is InChI=1S/C26H34Br2O2Si.C10H12.C7H4F3N.C6H8N.Mo/c1-26(2,3)31(4,5)30-25-21(28)15-17-11-7-9-13-19(17)23(25)22-18-12-8-6-10-16(18)14-20(27)24(22)29;1-10(2,3)9-7-5-4-6-8-9;8-7(9,10)5-3-1-2-4-6(5)11;1-5-3-4-6(2)7-5;/h14-15,29H,6-13H2,1-5H3;1,4-8H,2-3H3;1-4H;3-4H,1-2H3;/q;;;-1;. The summed E-state index contributed by atoms with van der Waals surface area (Å²) >= 11 is 6.52. The van der Waals surface area contributed by atoms with Crippen molar-refractivity contribution in [2.75, 3.05) is 0 Å². The van der Waals surface area contributed by atoms with Crippen LogP contribution < -0.4 is 9.41 Å². The molecular weight excluding hydrogens is 989 g/mol. The van der Waals surface area contributed by atoms with Crippen molar-refractivity contribution in [3.05, 3.63) is 133 Å². The van der Waals surface area contributed by atoms with Crippen LogP contribution in [-0.2, 0) is 55.2 Å². The van der Waals surface area contributed by atoms with E-state index in [-0.39, 0.29) is 16.1 Å². The summed E-state index contributed by atoms with van der Waals surface area (Å²) in [5.41, 5.74) is 10.2. The van der Waals surface area contributed by atoms with Crippen LogP contribution in [0.5, 0.6) is 11.5 Å². The molecule has 0 saturated carbocycles. The Hall–Kier alpha value is -2.91. The molecule has 2 aliphatic rings. The second-order valence-corrected chi connectivity index (χ2v) is 25.8. The number of phenolic OH excluding ortho intramolecular Hbond substituents is 1. The maximum Gasteiger partial charge on any atom is -0.0607 e. The van der Waals surface area contributed by atoms with Gasteiger partial charge in [0.25, 0.3) is 8.32 Å². The van der Waals surface area contributed by atoms with Gasteiger partial charge in [-0.2, -0.15) is 11.4 Å². The number of fused-ring (bicyclic) bond motifs is 2. The van der Waals surface area contributed by atoms with Crippen LogP contribution in [0.4, 0.5) is 18.9 Å². The van der Waals surface area contributed by atoms with E-state index in [2.05, 4.69) is 105 Å². The first-order valence-electron chi connectivity index (χ1n) is 20.7. The van der Waals surface area contributed by atoms with Crippen LogP contribution in [0.1, 0.15) is 105 Å². The van der Waals surface area contributed by atoms with Crippen molar-refractivity contribution in [3.8, 4) is 22.6 Å². The molecule has 1 heterocycles. The Morgan fingerprint density at radius 1 is 0.733 bits per heavy atom. The average Bonchev–Trinajstić information content (AvgIpc) is 3.58. The Labute approximate surface area is 381 Å². The number of aryl methyl sites for hydroxylation is 4. The second-order valence-electron chi connectivity index (χ2n) is 17.8. The number of alkyl halides is 3. The van der Waals surface area contributed by atoms with Crippen LogP contribution in [0.2, 0.25) is 18.1 Å². The second kappa shape index (κ2) is 20.1. The minimum absolute atomic E-state index is 0.0394. The van der Waals surface area contributed by atoms with Gasteiger partial charge in [0, 0.05) is 11.1 Å². The first-order chi connectivity index (χ1) is 28.1. The molecule has 60 heavy (non-hydrogen) atoms. The van der Waals surface area contributed by atoms with Crippen LogP contribution in [-0.4, -0.2) is 17.8 Å². The number of aromatic hydroxyl groups is 1. The van der Waals surface area contributed by atoms with Gasteiger partial charge in [-0.15, -0.1) is 0 Å². The molecule has 0 bridgehead atoms. The molecule has 1 aromatic heterocycles. The number of aromatic nitrogens is 1. The van der Waals surface area contributed by atoms with Gasteiger partial charge in [-0.05, 0) is 136 Å². The van der Waals surface area contributed by atoms with E-state index in [1.54, 1.807) is 6.07 Å². The van der Waals surface area contributed by atoms with E-state index in [0.29, 0.717) is 5.75 Å². The fourth-order valence-corrected chi connectivity index (χ4v) is 11.3. The summed E-state index contributed by atoms with van der Waals surface area (Å²) in [6.07, 6.45) is 4.69. The SMILES string of the molecule is CC(C)(C)[Si](C)(C)Oc1c(Br)cc2c(c1-c1c(O)c(Br)cc3c1CCCC3)CCCC2.CC(C)([CH]=[Mo]=[N]c1ccccc1C(F)(F)F)c1ccccc1.Cc1ccc(C)[n-]1. The van der Waals surface area contributed by atoms with Gasteiger partial charge in [0.05, 0.1) is 8.95 Å². The molecule has 0 fully saturated rings. The van der Waals surface area contributed by atoms with E-state index < -0.39 is 38.0 Å². The first-order valence-corrected chi connectivity index (χ1v) is 27.2. The summed E-state index contributed by atoms with van der Waals surface area (Å²) in [6.45, 7) is 19.5. The molecule has 0 aliphatic heterocycles. The molecule has 322 valence electrons. The number of benzene rings is 4. The summed E-state index contributed by atoms with van der Waals surface area (Å²) < 4.78 is 53.9. The van der Waals surface area contributed by atoms with E-state index >= 15 is 0 Å². The molecule has 5 aromatic rings. The molecule has 4 aromatic carbocycles. The fourth-order valence-electron chi connectivity index (χ4n) is 7.28. The van der Waals surface area contributed by atoms with Crippen molar-refractivity contribution in [2.45, 2.75) is 130 Å². The topological polar surface area (TPSA) is 55.9 Å². The number of hydrogen-bond acceptors (Lipinski definition) is 3. The smallest absolute Gasteiger partial charge is 0.0607 e. The maximum atomic E-state index is 12.9. The van der Waals surface area contributed by atoms with Gasteiger partial charge in [0.2, 0.25) is 0 Å². The predicted molar refractivity (Wildman–Crippen MR) is 248 cm³/mol. The van der Waals surface area contributed by atoms with Crippen LogP contribution >= 0.6 is 31.9 Å². The average molecular weight is 1050 g/mol. The largest absolute Gasteiger partial charge is 0.665 e. The molecule has 2 aliphatic carbocycles. The predicted octanol–water partition coefficient (Wildman–Crippen LogP) is 15.4. The van der Waals surface area contributed by atoms with Crippen molar-refractivity contribution in [2.24, 2.45) is 3.50 Å². The minimum atomic E-state index is -4.36. The molecule has 0 amide bonds. The third-order valence-corrected chi connectivity index (χ3v) is 19.7. The molecule has 0 saturated heterocycles. The monoisotopic (exact) mass is 1050 g/mol. The minimum Gasteiger partial charge on any atom is -0.665 e. The van der Waals surface area contributed by atoms with Crippen LogP contribution in [0, 0.1) is 13.8 Å². The van der Waals surface area contributed by atoms with Gasteiger partial charge in [-0.1, -0.05) is 46.8 Å². The number of hydrogen-bond donors (Lipinski definition) is 1. The molecule has 0 radical (unpaired) electrons. The van der Waals surface area contributed by atoms with Crippen molar-refractivity contribution in [1.82, 2.24) is 4.98 Å². The molecule has 7 rings (SSSR count). The molecule has 0 atom stereocenters. The summed E-state index contributed by atoms with van der Waals surface area (Å²) in [5.74, 6) is 1.31. The number of rotatable bonds is 6.